The first-order chi connectivity index (χ1) is 26.9. The summed E-state index contributed by atoms with van der Waals surface area (Å²) >= 11 is 0. The molecule has 2 aliphatic heterocycles. The van der Waals surface area contributed by atoms with Crippen LogP contribution >= 0.6 is 0 Å². The zero-order chi connectivity index (χ0) is 41.7. The van der Waals surface area contributed by atoms with Crippen LogP contribution in [0.2, 0.25) is 0 Å². The zero-order valence-electron chi connectivity index (χ0n) is 33.7. The van der Waals surface area contributed by atoms with Crippen molar-refractivity contribution in [3.63, 3.8) is 0 Å². The average Bonchev–Trinajstić information content (AvgIpc) is 3.95. The number of carbonyl (C=O) groups excluding carboxylic acids is 4. The van der Waals surface area contributed by atoms with E-state index in [1.807, 2.05) is 0 Å². The van der Waals surface area contributed by atoms with Crippen LogP contribution in [0.4, 0.5) is 5.69 Å². The number of ether oxygens (including phenoxy) is 6. The first kappa shape index (κ1) is 42.7. The van der Waals surface area contributed by atoms with Crippen molar-refractivity contribution >= 4 is 51.9 Å². The second-order valence-electron chi connectivity index (χ2n) is 15.3. The van der Waals surface area contributed by atoms with Crippen LogP contribution in [-0.2, 0) is 47.6 Å². The molecule has 0 radical (unpaired) electrons. The fourth-order valence-electron chi connectivity index (χ4n) is 5.93. The Bertz CT molecular complexity index is 2120. The summed E-state index contributed by atoms with van der Waals surface area (Å²) in [7, 11) is 0. The van der Waals surface area contributed by atoms with Crippen molar-refractivity contribution in [2.45, 2.75) is 112 Å². The molecule has 6 atom stereocenters. The number of H-pyrrole nitrogens is 1. The number of carbonyl (C=O) groups is 4. The molecule has 2 unspecified atom stereocenters. The van der Waals surface area contributed by atoms with Gasteiger partial charge in [0.15, 0.2) is 16.8 Å². The molecule has 6 rings (SSSR count). The highest BCUT2D eigenvalue weighted by Gasteiger charge is 2.42. The molecule has 4 aromatic rings. The summed E-state index contributed by atoms with van der Waals surface area (Å²) in [5.41, 5.74) is 7.87. The van der Waals surface area contributed by atoms with Gasteiger partial charge >= 0.3 is 23.9 Å². The first-order valence-corrected chi connectivity index (χ1v) is 19.0. The van der Waals surface area contributed by atoms with E-state index >= 15 is 0 Å². The number of hydrogen-bond donors (Lipinski definition) is 2. The summed E-state index contributed by atoms with van der Waals surface area (Å²) in [6.07, 6.45) is 2.00. The summed E-state index contributed by atoms with van der Waals surface area (Å²) in [5, 5.41) is 0. The van der Waals surface area contributed by atoms with Crippen LogP contribution < -0.4 is 11.3 Å². The van der Waals surface area contributed by atoms with Gasteiger partial charge in [-0.05, 0) is 13.0 Å². The number of nitrogens with two attached hydrogens (primary N) is 1. The van der Waals surface area contributed by atoms with Gasteiger partial charge in [0.1, 0.15) is 61.4 Å². The van der Waals surface area contributed by atoms with Crippen LogP contribution in [0.15, 0.2) is 29.7 Å². The largest absolute Gasteiger partial charge is 0.463 e. The summed E-state index contributed by atoms with van der Waals surface area (Å²) in [6.45, 7) is 15.6. The molecule has 2 saturated heterocycles. The number of nitrogens with one attached hydrogen (secondary N) is 1. The van der Waals surface area contributed by atoms with E-state index in [-0.39, 0.29) is 71.8 Å². The van der Waals surface area contributed by atoms with Gasteiger partial charge in [-0.1, -0.05) is 55.4 Å². The molecule has 0 spiro atoms. The molecule has 19 nitrogen and oxygen atoms in total. The first-order valence-electron chi connectivity index (χ1n) is 19.0. The number of fused-ring (bicyclic) bond motifs is 2. The van der Waals surface area contributed by atoms with Crippen molar-refractivity contribution in [1.82, 2.24) is 34.1 Å². The maximum Gasteiger partial charge on any atom is 0.308 e. The second kappa shape index (κ2) is 18.2. The number of imidazole rings is 2. The fourth-order valence-corrected chi connectivity index (χ4v) is 5.93. The third-order valence-corrected chi connectivity index (χ3v) is 9.22. The number of anilines is 1. The molecule has 2 aliphatic rings. The molecule has 0 aromatic carbocycles. The maximum atomic E-state index is 12.1. The van der Waals surface area contributed by atoms with Crippen molar-refractivity contribution in [2.24, 2.45) is 23.7 Å². The van der Waals surface area contributed by atoms with Gasteiger partial charge in [-0.25, -0.2) is 19.9 Å². The number of rotatable bonds is 12. The van der Waals surface area contributed by atoms with E-state index in [1.165, 1.54) is 6.33 Å². The van der Waals surface area contributed by atoms with Gasteiger partial charge in [-0.2, -0.15) is 0 Å². The number of pyridine rings is 1. The Morgan fingerprint density at radius 3 is 1.67 bits per heavy atom. The van der Waals surface area contributed by atoms with Crippen LogP contribution in [0, 0.1) is 30.6 Å². The second-order valence-corrected chi connectivity index (χ2v) is 15.3. The smallest absolute Gasteiger partial charge is 0.308 e. The lowest BCUT2D eigenvalue weighted by molar-refractivity contribution is -0.163. The Hall–Kier alpha value is -5.43. The number of nitrogen functional groups attached to an aromatic ring is 1. The average molecular weight is 797 g/mol. The molecular formula is C38H52N8O11. The van der Waals surface area contributed by atoms with Gasteiger partial charge in [0.25, 0.3) is 5.56 Å². The molecule has 0 bridgehead atoms. The molecule has 6 heterocycles. The van der Waals surface area contributed by atoms with E-state index in [9.17, 15) is 24.0 Å². The lowest BCUT2D eigenvalue weighted by Crippen LogP contribution is -2.33. The van der Waals surface area contributed by atoms with E-state index in [4.69, 9.17) is 34.2 Å². The molecule has 0 aliphatic carbocycles. The monoisotopic (exact) mass is 796 g/mol. The van der Waals surface area contributed by atoms with Gasteiger partial charge in [0.2, 0.25) is 0 Å². The molecule has 0 saturated carbocycles. The van der Waals surface area contributed by atoms with Crippen molar-refractivity contribution in [3.8, 4) is 0 Å². The number of hydrogen-bond acceptors (Lipinski definition) is 16. The van der Waals surface area contributed by atoms with E-state index in [0.717, 1.165) is 0 Å². The quantitative estimate of drug-likeness (QED) is 0.154. The van der Waals surface area contributed by atoms with Gasteiger partial charge in [0.05, 0.1) is 42.0 Å². The standard InChI is InChI=1S/C19H26N4O6.C19H26N4O5/c1-9(2)18(25)27-7-13-12(29-19(26)10(3)4)6-14(28-13)23-8-20-15-16(23)21-11(5)22-17(15)24;1-10(2)18(24)26-8-14-13(28-19(25)11(3)4)7-15(27-14)23-9-22-16-12(20)5-6-21-17(16)23/h8-10,12-14H,6-7H2,1-5H3,(H,21,22,24);5-6,9-11,13-15H,7-8H2,1-4H3,(H2,20,21)/t12?,13-,14-;13?,14-,15-/m11/s1. The number of aryl methyl sites for hydroxylation is 1. The number of esters is 4. The van der Waals surface area contributed by atoms with Gasteiger partial charge < -0.3 is 39.1 Å². The summed E-state index contributed by atoms with van der Waals surface area (Å²) < 4.78 is 37.3. The lowest BCUT2D eigenvalue weighted by atomic mass is 10.1. The summed E-state index contributed by atoms with van der Waals surface area (Å²) in [6, 6.07) is 1.68. The Labute approximate surface area is 328 Å². The van der Waals surface area contributed by atoms with Gasteiger partial charge in [0, 0.05) is 19.0 Å². The Kier molecular flexibility index (Phi) is 13.7. The van der Waals surface area contributed by atoms with E-state index in [0.29, 0.717) is 41.2 Å². The van der Waals surface area contributed by atoms with Crippen LogP contribution in [0.1, 0.15) is 86.5 Å². The summed E-state index contributed by atoms with van der Waals surface area (Å²) in [5.74, 6) is -2.02. The maximum absolute atomic E-state index is 12.1. The minimum Gasteiger partial charge on any atom is -0.463 e. The fraction of sp³-hybridized carbons (Fsp3) is 0.605. The third kappa shape index (κ3) is 10.1. The van der Waals surface area contributed by atoms with Gasteiger partial charge in [-0.15, -0.1) is 0 Å². The minimum absolute atomic E-state index is 0.00571. The zero-order valence-corrected chi connectivity index (χ0v) is 33.7. The molecule has 2 fully saturated rings. The Balaban J connectivity index is 0.000000218. The molecule has 3 N–H and O–H groups in total. The van der Waals surface area contributed by atoms with Crippen LogP contribution in [0.3, 0.4) is 0 Å². The predicted molar refractivity (Wildman–Crippen MR) is 203 cm³/mol. The van der Waals surface area contributed by atoms with Gasteiger partial charge in [-0.3, -0.25) is 33.1 Å². The van der Waals surface area contributed by atoms with Crippen molar-refractivity contribution in [1.29, 1.82) is 0 Å². The minimum atomic E-state index is -0.633. The van der Waals surface area contributed by atoms with Crippen LogP contribution in [0.25, 0.3) is 22.3 Å². The summed E-state index contributed by atoms with van der Waals surface area (Å²) in [4.78, 5) is 79.7. The third-order valence-electron chi connectivity index (χ3n) is 9.22. The molecule has 4 aromatic heterocycles. The topological polar surface area (TPSA) is 244 Å². The Morgan fingerprint density at radius 1 is 0.737 bits per heavy atom. The lowest BCUT2D eigenvalue weighted by Gasteiger charge is -2.20. The highest BCUT2D eigenvalue weighted by atomic mass is 16.6. The predicted octanol–water partition coefficient (Wildman–Crippen LogP) is 3.55. The SMILES string of the molecule is CC(C)C(=O)OC[C@H]1O[C@@H](n2cnc3c(N)ccnc32)CC1OC(=O)C(C)C.Cc1nc2c(ncn2[C@H]2CC(OC(=O)C(C)C)[C@@H](COC(=O)C(C)C)O2)c(=O)[nH]1. The van der Waals surface area contributed by atoms with E-state index in [2.05, 4.69) is 24.9 Å². The van der Waals surface area contributed by atoms with E-state index in [1.54, 1.807) is 90.0 Å². The molecule has 0 amide bonds. The molecule has 57 heavy (non-hydrogen) atoms. The normalized spacial score (nSPS) is 22.0. The number of aromatic amines is 1. The molecular weight excluding hydrogens is 744 g/mol. The highest BCUT2D eigenvalue weighted by Crippen LogP contribution is 2.35. The van der Waals surface area contributed by atoms with Crippen molar-refractivity contribution in [2.75, 3.05) is 18.9 Å². The van der Waals surface area contributed by atoms with Crippen LogP contribution in [-0.4, -0.2) is 95.6 Å². The molecule has 19 heteroatoms. The Morgan fingerprint density at radius 2 is 1.19 bits per heavy atom. The van der Waals surface area contributed by atoms with Crippen molar-refractivity contribution in [3.05, 3.63) is 41.1 Å². The molecule has 310 valence electrons. The van der Waals surface area contributed by atoms with Crippen LogP contribution in [0.5, 0.6) is 0 Å². The van der Waals surface area contributed by atoms with Crippen molar-refractivity contribution < 1.29 is 47.6 Å². The number of aromatic nitrogens is 7. The highest BCUT2D eigenvalue weighted by molar-refractivity contribution is 5.83. The van der Waals surface area contributed by atoms with E-state index < -0.39 is 36.9 Å². The number of nitrogens with zero attached hydrogens (tertiary/aromatic N) is 6.